The summed E-state index contributed by atoms with van der Waals surface area (Å²) in [5.74, 6) is 0.879. The van der Waals surface area contributed by atoms with Gasteiger partial charge in [0.1, 0.15) is 0 Å². The zero-order chi connectivity index (χ0) is 14.1. The Morgan fingerprint density at radius 3 is 2.43 bits per heavy atom. The lowest BCUT2D eigenvalue weighted by Crippen LogP contribution is -2.29. The number of rotatable bonds is 4. The van der Waals surface area contributed by atoms with Crippen LogP contribution in [0.5, 0.6) is 0 Å². The van der Waals surface area contributed by atoms with Crippen molar-refractivity contribution < 1.29 is 0 Å². The van der Waals surface area contributed by atoms with Gasteiger partial charge < -0.3 is 5.32 Å². The van der Waals surface area contributed by atoms with Crippen LogP contribution in [0, 0.1) is 5.92 Å². The average molecular weight is 355 g/mol. The van der Waals surface area contributed by atoms with Crippen molar-refractivity contribution in [1.29, 1.82) is 0 Å². The molecule has 2 atom stereocenters. The number of fused-ring (bicyclic) bond motifs is 1. The Morgan fingerprint density at radius 1 is 1.04 bits per heavy atom. The van der Waals surface area contributed by atoms with E-state index in [1.165, 1.54) is 37.2 Å². The molecule has 2 fully saturated rings. The van der Waals surface area contributed by atoms with E-state index in [1.54, 1.807) is 0 Å². The zero-order valence-electron chi connectivity index (χ0n) is 13.1. The number of halogens is 2. The van der Waals surface area contributed by atoms with Crippen molar-refractivity contribution in [1.82, 2.24) is 20.0 Å². The molecule has 0 aliphatic carbocycles. The van der Waals surface area contributed by atoms with Gasteiger partial charge in [-0.15, -0.1) is 24.8 Å². The van der Waals surface area contributed by atoms with Crippen molar-refractivity contribution in [3.05, 3.63) is 53.9 Å². The predicted octanol–water partition coefficient (Wildman–Crippen LogP) is 2.57. The van der Waals surface area contributed by atoms with Crippen LogP contribution in [0.15, 0.2) is 42.7 Å². The van der Waals surface area contributed by atoms with Gasteiger partial charge in [0.05, 0.1) is 6.54 Å². The Bertz CT molecular complexity index is 573. The van der Waals surface area contributed by atoms with E-state index in [0.29, 0.717) is 0 Å². The van der Waals surface area contributed by atoms with Crippen LogP contribution in [-0.2, 0) is 13.1 Å². The lowest BCUT2D eigenvalue weighted by atomic mass is 10.1. The minimum absolute atomic E-state index is 0. The van der Waals surface area contributed by atoms with Gasteiger partial charge in [0, 0.05) is 38.1 Å². The smallest absolute Gasteiger partial charge is 0.0659 e. The minimum atomic E-state index is 0. The molecule has 0 spiro atoms. The first-order valence-corrected chi connectivity index (χ1v) is 7.88. The van der Waals surface area contributed by atoms with Gasteiger partial charge in [-0.3, -0.25) is 9.58 Å². The van der Waals surface area contributed by atoms with E-state index in [-0.39, 0.29) is 24.8 Å². The summed E-state index contributed by atoms with van der Waals surface area (Å²) in [4.78, 5) is 2.59. The largest absolute Gasteiger partial charge is 0.312 e. The maximum atomic E-state index is 4.25. The molecule has 126 valence electrons. The van der Waals surface area contributed by atoms with Crippen LogP contribution >= 0.6 is 24.8 Å². The molecule has 2 saturated heterocycles. The Labute approximate surface area is 150 Å². The van der Waals surface area contributed by atoms with Gasteiger partial charge in [-0.1, -0.05) is 24.3 Å². The lowest BCUT2D eigenvalue weighted by molar-refractivity contribution is 0.306. The van der Waals surface area contributed by atoms with E-state index in [4.69, 9.17) is 0 Å². The maximum absolute atomic E-state index is 4.25. The highest BCUT2D eigenvalue weighted by Crippen LogP contribution is 2.25. The molecule has 3 heterocycles. The molecular weight excluding hydrogens is 331 g/mol. The van der Waals surface area contributed by atoms with Crippen LogP contribution in [0.25, 0.3) is 0 Å². The Hall–Kier alpha value is -1.07. The molecule has 4 rings (SSSR count). The van der Waals surface area contributed by atoms with E-state index in [2.05, 4.69) is 39.6 Å². The molecule has 0 bridgehead atoms. The Kier molecular flexibility index (Phi) is 6.48. The minimum Gasteiger partial charge on any atom is -0.312 e. The van der Waals surface area contributed by atoms with Gasteiger partial charge in [0.2, 0.25) is 0 Å². The summed E-state index contributed by atoms with van der Waals surface area (Å²) in [6.45, 7) is 5.61. The summed E-state index contributed by atoms with van der Waals surface area (Å²) in [6, 6.07) is 11.7. The average Bonchev–Trinajstić information content (AvgIpc) is 3.18. The first-order chi connectivity index (χ1) is 10.4. The molecule has 1 aromatic carbocycles. The number of hydrogen-bond donors (Lipinski definition) is 1. The number of nitrogens with zero attached hydrogens (tertiary/aromatic N) is 3. The van der Waals surface area contributed by atoms with Crippen LogP contribution in [0.2, 0.25) is 0 Å². The van der Waals surface area contributed by atoms with Crippen molar-refractivity contribution in [2.45, 2.75) is 25.6 Å². The molecule has 4 nitrogen and oxygen atoms in total. The highest BCUT2D eigenvalue weighted by atomic mass is 35.5. The number of aromatic nitrogens is 2. The second-order valence-electron chi connectivity index (χ2n) is 6.32. The van der Waals surface area contributed by atoms with E-state index < -0.39 is 0 Å². The maximum Gasteiger partial charge on any atom is 0.0659 e. The fourth-order valence-corrected chi connectivity index (χ4v) is 3.66. The summed E-state index contributed by atoms with van der Waals surface area (Å²) >= 11 is 0. The molecular formula is C17H24Cl2N4. The van der Waals surface area contributed by atoms with Gasteiger partial charge in [-0.25, -0.2) is 0 Å². The molecule has 1 N–H and O–H groups in total. The number of hydrogen-bond acceptors (Lipinski definition) is 3. The highest BCUT2D eigenvalue weighted by Gasteiger charge is 2.35. The SMILES string of the molecule is Cl.Cl.c1cnn(Cc2ccc(CN3C[C@@H]4CCN[C@@H]4C3)cc2)c1. The van der Waals surface area contributed by atoms with Crippen LogP contribution < -0.4 is 5.32 Å². The topological polar surface area (TPSA) is 33.1 Å². The third-order valence-corrected chi connectivity index (χ3v) is 4.77. The monoisotopic (exact) mass is 354 g/mol. The van der Waals surface area contributed by atoms with Crippen molar-refractivity contribution in [2.75, 3.05) is 19.6 Å². The molecule has 6 heteroatoms. The summed E-state index contributed by atoms with van der Waals surface area (Å²) in [5.41, 5.74) is 2.72. The molecule has 2 aromatic rings. The molecule has 2 aliphatic rings. The van der Waals surface area contributed by atoms with Crippen molar-refractivity contribution in [3.8, 4) is 0 Å². The third kappa shape index (κ3) is 4.27. The summed E-state index contributed by atoms with van der Waals surface area (Å²) in [5, 5.41) is 7.87. The summed E-state index contributed by atoms with van der Waals surface area (Å²) in [6.07, 6.45) is 5.18. The van der Waals surface area contributed by atoms with Gasteiger partial charge in [0.25, 0.3) is 0 Å². The molecule has 0 unspecified atom stereocenters. The first-order valence-electron chi connectivity index (χ1n) is 7.88. The molecule has 0 amide bonds. The second-order valence-corrected chi connectivity index (χ2v) is 6.32. The van der Waals surface area contributed by atoms with Crippen molar-refractivity contribution in [2.24, 2.45) is 5.92 Å². The van der Waals surface area contributed by atoms with E-state index in [1.807, 2.05) is 23.1 Å². The quantitative estimate of drug-likeness (QED) is 0.915. The Morgan fingerprint density at radius 2 is 1.78 bits per heavy atom. The molecule has 2 aliphatic heterocycles. The number of benzene rings is 1. The van der Waals surface area contributed by atoms with Crippen LogP contribution in [0.3, 0.4) is 0 Å². The van der Waals surface area contributed by atoms with Crippen LogP contribution in [0.1, 0.15) is 17.5 Å². The van der Waals surface area contributed by atoms with E-state index >= 15 is 0 Å². The van der Waals surface area contributed by atoms with Crippen LogP contribution in [0.4, 0.5) is 0 Å². The van der Waals surface area contributed by atoms with Gasteiger partial charge in [0.15, 0.2) is 0 Å². The fourth-order valence-electron chi connectivity index (χ4n) is 3.66. The zero-order valence-corrected chi connectivity index (χ0v) is 14.7. The van der Waals surface area contributed by atoms with Crippen LogP contribution in [-0.4, -0.2) is 40.4 Å². The van der Waals surface area contributed by atoms with E-state index in [9.17, 15) is 0 Å². The first kappa shape index (κ1) is 18.3. The number of likely N-dealkylation sites (tertiary alicyclic amines) is 1. The Balaban J connectivity index is 0.000000960. The van der Waals surface area contributed by atoms with Gasteiger partial charge >= 0.3 is 0 Å². The summed E-state index contributed by atoms with van der Waals surface area (Å²) in [7, 11) is 0. The molecule has 23 heavy (non-hydrogen) atoms. The van der Waals surface area contributed by atoms with Crippen molar-refractivity contribution in [3.63, 3.8) is 0 Å². The lowest BCUT2D eigenvalue weighted by Gasteiger charge is -2.17. The predicted molar refractivity (Wildman–Crippen MR) is 97.4 cm³/mol. The normalized spacial score (nSPS) is 23.1. The number of nitrogens with one attached hydrogen (secondary N) is 1. The highest BCUT2D eigenvalue weighted by molar-refractivity contribution is 5.85. The van der Waals surface area contributed by atoms with Gasteiger partial charge in [-0.2, -0.15) is 5.10 Å². The standard InChI is InChI=1S/C17H22N4.2ClH/c1-7-19-21(9-1)11-15-4-2-14(3-5-15)10-20-12-16-6-8-18-17(16)13-20;;/h1-5,7,9,16-18H,6,8,10-13H2;2*1H/t16-,17+;;/m0../s1. The molecule has 0 radical (unpaired) electrons. The molecule has 1 aromatic heterocycles. The second kappa shape index (κ2) is 8.15. The van der Waals surface area contributed by atoms with Crippen molar-refractivity contribution >= 4 is 24.8 Å². The third-order valence-electron chi connectivity index (χ3n) is 4.77. The van der Waals surface area contributed by atoms with E-state index in [0.717, 1.165) is 25.0 Å². The molecule has 0 saturated carbocycles. The summed E-state index contributed by atoms with van der Waals surface area (Å²) < 4.78 is 1.96. The fraction of sp³-hybridized carbons (Fsp3) is 0.471. The van der Waals surface area contributed by atoms with Gasteiger partial charge in [-0.05, 0) is 36.1 Å².